The minimum absolute atomic E-state index is 0.0238. The first kappa shape index (κ1) is 29.6. The molecule has 0 unspecified atom stereocenters. The van der Waals surface area contributed by atoms with Gasteiger partial charge in [0.15, 0.2) is 5.11 Å². The van der Waals surface area contributed by atoms with Crippen LogP contribution in [0.5, 0.6) is 0 Å². The van der Waals surface area contributed by atoms with Gasteiger partial charge in [-0.15, -0.1) is 0 Å². The quantitative estimate of drug-likeness (QED) is 0.285. The molecular weight excluding hydrogens is 601 g/mol. The molecule has 0 aliphatic carbocycles. The molecule has 3 aromatic carbocycles. The lowest BCUT2D eigenvalue weighted by molar-refractivity contribution is -0.124. The second kappa shape index (κ2) is 13.4. The molecule has 2 fully saturated rings. The smallest absolute Gasteiger partial charge is 0.256 e. The van der Waals surface area contributed by atoms with E-state index in [1.165, 1.54) is 4.90 Å². The Morgan fingerprint density at radius 2 is 1.49 bits per heavy atom. The van der Waals surface area contributed by atoms with E-state index < -0.39 is 6.04 Å². The van der Waals surface area contributed by atoms with Crippen molar-refractivity contribution in [3.63, 3.8) is 0 Å². The van der Waals surface area contributed by atoms with Crippen molar-refractivity contribution >= 4 is 81.0 Å². The van der Waals surface area contributed by atoms with E-state index in [1.807, 2.05) is 23.1 Å². The van der Waals surface area contributed by atoms with Gasteiger partial charge in [0, 0.05) is 59.2 Å². The summed E-state index contributed by atoms with van der Waals surface area (Å²) in [6, 6.07) is 21.1. The number of hydrogen-bond donors (Lipinski definition) is 1. The summed E-state index contributed by atoms with van der Waals surface area (Å²) in [4.78, 5) is 34.8. The minimum atomic E-state index is -0.704. The average molecular weight is 631 g/mol. The van der Waals surface area contributed by atoms with Crippen LogP contribution in [0.2, 0.25) is 15.1 Å². The van der Waals surface area contributed by atoms with Gasteiger partial charge in [-0.25, -0.2) is 0 Å². The first-order valence-electron chi connectivity index (χ1n) is 13.5. The number of thiocarbonyl (C=S) groups is 1. The third-order valence-corrected chi connectivity index (χ3v) is 8.49. The van der Waals surface area contributed by atoms with Crippen LogP contribution in [0.4, 0.5) is 17.1 Å². The molecule has 2 amide bonds. The molecule has 0 bridgehead atoms. The Hall–Kier alpha value is -2.88. The number of anilines is 3. The van der Waals surface area contributed by atoms with Crippen molar-refractivity contribution in [2.45, 2.75) is 18.9 Å². The molecule has 41 heavy (non-hydrogen) atoms. The van der Waals surface area contributed by atoms with Crippen LogP contribution in [-0.4, -0.2) is 72.0 Å². The lowest BCUT2D eigenvalue weighted by Crippen LogP contribution is -2.47. The molecule has 2 saturated heterocycles. The van der Waals surface area contributed by atoms with Gasteiger partial charge in [0.2, 0.25) is 5.91 Å². The lowest BCUT2D eigenvalue weighted by atomic mass is 10.1. The van der Waals surface area contributed by atoms with Crippen molar-refractivity contribution in [3.05, 3.63) is 87.9 Å². The number of hydrogen-bond acceptors (Lipinski definition) is 5. The molecule has 0 aromatic heterocycles. The van der Waals surface area contributed by atoms with Gasteiger partial charge in [-0.3, -0.25) is 19.4 Å². The van der Waals surface area contributed by atoms with Gasteiger partial charge in [-0.05, 0) is 91.9 Å². The standard InChI is InChI=1S/C30H30Cl3N5O2S/c31-21-5-9-24(10-6-21)34-28(39)20-27-29(40)38(25-11-7-22(32)8-12-25)30(41)37(27)14-2-13-35-15-17-36(18-16-35)26-4-1-3-23(33)19-26/h1,3-12,19,27H,2,13-18,20H2,(H,34,39)/t27-/m0/s1. The summed E-state index contributed by atoms with van der Waals surface area (Å²) < 4.78 is 0. The normalized spacial score (nSPS) is 17.8. The largest absolute Gasteiger partial charge is 0.369 e. The molecule has 5 rings (SSSR count). The van der Waals surface area contributed by atoms with Gasteiger partial charge in [0.05, 0.1) is 12.1 Å². The van der Waals surface area contributed by atoms with Crippen LogP contribution < -0.4 is 15.1 Å². The lowest BCUT2D eigenvalue weighted by Gasteiger charge is -2.36. The van der Waals surface area contributed by atoms with Crippen LogP contribution in [0.15, 0.2) is 72.8 Å². The van der Waals surface area contributed by atoms with Crippen molar-refractivity contribution in [2.75, 3.05) is 54.4 Å². The number of benzene rings is 3. The highest BCUT2D eigenvalue weighted by Crippen LogP contribution is 2.29. The van der Waals surface area contributed by atoms with E-state index in [1.54, 1.807) is 48.5 Å². The first-order valence-corrected chi connectivity index (χ1v) is 15.0. The number of amides is 2. The molecule has 0 radical (unpaired) electrons. The molecule has 1 atom stereocenters. The van der Waals surface area contributed by atoms with E-state index in [-0.39, 0.29) is 18.2 Å². The van der Waals surface area contributed by atoms with E-state index in [9.17, 15) is 9.59 Å². The Bertz CT molecular complexity index is 1400. The summed E-state index contributed by atoms with van der Waals surface area (Å²) in [7, 11) is 0. The second-order valence-corrected chi connectivity index (χ2v) is 11.7. The molecule has 11 heteroatoms. The van der Waals surface area contributed by atoms with E-state index in [4.69, 9.17) is 47.0 Å². The van der Waals surface area contributed by atoms with E-state index in [0.717, 1.165) is 49.9 Å². The molecule has 1 N–H and O–H groups in total. The number of nitrogens with one attached hydrogen (secondary N) is 1. The Morgan fingerprint density at radius 3 is 2.15 bits per heavy atom. The number of rotatable bonds is 9. The summed E-state index contributed by atoms with van der Waals surface area (Å²) in [5.41, 5.74) is 2.39. The number of carbonyl (C=O) groups excluding carboxylic acids is 2. The zero-order valence-electron chi connectivity index (χ0n) is 22.3. The monoisotopic (exact) mass is 629 g/mol. The van der Waals surface area contributed by atoms with Crippen LogP contribution in [0, 0.1) is 0 Å². The Kier molecular flexibility index (Phi) is 9.68. The molecule has 3 aromatic rings. The highest BCUT2D eigenvalue weighted by Gasteiger charge is 2.43. The summed E-state index contributed by atoms with van der Waals surface area (Å²) in [6.45, 7) is 5.11. The van der Waals surface area contributed by atoms with Gasteiger partial charge >= 0.3 is 0 Å². The molecule has 2 heterocycles. The molecule has 214 valence electrons. The third-order valence-electron chi connectivity index (χ3n) is 7.33. The van der Waals surface area contributed by atoms with Crippen molar-refractivity contribution in [1.82, 2.24) is 9.80 Å². The molecule has 7 nitrogen and oxygen atoms in total. The topological polar surface area (TPSA) is 59.1 Å². The first-order chi connectivity index (χ1) is 19.8. The van der Waals surface area contributed by atoms with Crippen molar-refractivity contribution in [2.24, 2.45) is 0 Å². The zero-order chi connectivity index (χ0) is 28.9. The summed E-state index contributed by atoms with van der Waals surface area (Å²) >= 11 is 24.0. The fourth-order valence-electron chi connectivity index (χ4n) is 5.20. The van der Waals surface area contributed by atoms with E-state index in [0.29, 0.717) is 33.1 Å². The van der Waals surface area contributed by atoms with Gasteiger partial charge < -0.3 is 15.1 Å². The van der Waals surface area contributed by atoms with Gasteiger partial charge in [-0.1, -0.05) is 40.9 Å². The van der Waals surface area contributed by atoms with Crippen LogP contribution in [0.1, 0.15) is 12.8 Å². The zero-order valence-corrected chi connectivity index (χ0v) is 25.4. The fraction of sp³-hybridized carbons (Fsp3) is 0.300. The molecular formula is C30H30Cl3N5O2S. The van der Waals surface area contributed by atoms with E-state index >= 15 is 0 Å². The highest BCUT2D eigenvalue weighted by molar-refractivity contribution is 7.80. The van der Waals surface area contributed by atoms with Gasteiger partial charge in [0.1, 0.15) is 6.04 Å². The van der Waals surface area contributed by atoms with Gasteiger partial charge in [0.25, 0.3) is 5.91 Å². The van der Waals surface area contributed by atoms with Crippen molar-refractivity contribution in [3.8, 4) is 0 Å². The summed E-state index contributed by atoms with van der Waals surface area (Å²) in [5.74, 6) is -0.493. The maximum absolute atomic E-state index is 13.6. The Labute approximate surface area is 260 Å². The van der Waals surface area contributed by atoms with Crippen LogP contribution in [0.25, 0.3) is 0 Å². The Morgan fingerprint density at radius 1 is 0.829 bits per heavy atom. The molecule has 2 aliphatic heterocycles. The van der Waals surface area contributed by atoms with Crippen LogP contribution in [-0.2, 0) is 9.59 Å². The fourth-order valence-corrected chi connectivity index (χ4v) is 6.05. The maximum atomic E-state index is 13.6. The summed E-state index contributed by atoms with van der Waals surface area (Å²) in [5, 5.41) is 5.15. The predicted octanol–water partition coefficient (Wildman–Crippen LogP) is 6.19. The minimum Gasteiger partial charge on any atom is -0.369 e. The van der Waals surface area contributed by atoms with Crippen LogP contribution in [0.3, 0.4) is 0 Å². The third kappa shape index (κ3) is 7.31. The van der Waals surface area contributed by atoms with Crippen molar-refractivity contribution < 1.29 is 9.59 Å². The number of carbonyl (C=O) groups is 2. The SMILES string of the molecule is O=C(C[C@H]1C(=O)N(c2ccc(Cl)cc2)C(=S)N1CCCN1CCN(c2cccc(Cl)c2)CC1)Nc1ccc(Cl)cc1. The number of piperazine rings is 1. The molecule has 2 aliphatic rings. The summed E-state index contributed by atoms with van der Waals surface area (Å²) in [6.07, 6.45) is 0.776. The number of nitrogens with zero attached hydrogens (tertiary/aromatic N) is 4. The number of halogens is 3. The second-order valence-electron chi connectivity index (χ2n) is 10.1. The maximum Gasteiger partial charge on any atom is 0.256 e. The average Bonchev–Trinajstić information content (AvgIpc) is 3.19. The highest BCUT2D eigenvalue weighted by atomic mass is 35.5. The van der Waals surface area contributed by atoms with Gasteiger partial charge in [-0.2, -0.15) is 0 Å². The van der Waals surface area contributed by atoms with E-state index in [2.05, 4.69) is 21.2 Å². The molecule has 0 saturated carbocycles. The predicted molar refractivity (Wildman–Crippen MR) is 171 cm³/mol. The van der Waals surface area contributed by atoms with Crippen LogP contribution >= 0.6 is 47.0 Å². The molecule has 0 spiro atoms. The van der Waals surface area contributed by atoms with Crippen molar-refractivity contribution in [1.29, 1.82) is 0 Å². The Balaban J connectivity index is 1.22.